The van der Waals surface area contributed by atoms with Crippen LogP contribution in [-0.4, -0.2) is 38.7 Å². The minimum atomic E-state index is 0.223. The van der Waals surface area contributed by atoms with Crippen LogP contribution in [0.1, 0.15) is 40.3 Å². The smallest absolute Gasteiger partial charge is 0.227 e. The zero-order valence-electron chi connectivity index (χ0n) is 13.4. The number of aryl methyl sites for hydroxylation is 3. The summed E-state index contributed by atoms with van der Waals surface area (Å²) in [6.45, 7) is 7.56. The van der Waals surface area contributed by atoms with Crippen molar-refractivity contribution >= 4 is 17.2 Å². The molecule has 1 aliphatic heterocycles. The first-order valence-corrected chi connectivity index (χ1v) is 8.57. The summed E-state index contributed by atoms with van der Waals surface area (Å²) in [4.78, 5) is 21.3. The maximum atomic E-state index is 12.5. The molecule has 5 nitrogen and oxygen atoms in total. The first kappa shape index (κ1) is 15.2. The number of likely N-dealkylation sites (tertiary alicyclic amines) is 1. The number of carbonyl (C=O) groups excluding carboxylic acids is 1. The predicted molar refractivity (Wildman–Crippen MR) is 87.1 cm³/mol. The van der Waals surface area contributed by atoms with Crippen LogP contribution in [0.2, 0.25) is 0 Å². The highest BCUT2D eigenvalue weighted by Crippen LogP contribution is 2.23. The van der Waals surface area contributed by atoms with Gasteiger partial charge in [-0.05, 0) is 45.7 Å². The molecule has 0 aliphatic carbocycles. The molecule has 0 unspecified atom stereocenters. The molecule has 0 aromatic carbocycles. The second-order valence-electron chi connectivity index (χ2n) is 5.98. The maximum Gasteiger partial charge on any atom is 0.227 e. The van der Waals surface area contributed by atoms with Gasteiger partial charge in [0.05, 0.1) is 12.5 Å². The summed E-state index contributed by atoms with van der Waals surface area (Å²) in [5.74, 6) is 1.96. The first-order valence-electron chi connectivity index (χ1n) is 7.76. The highest BCUT2D eigenvalue weighted by molar-refractivity contribution is 7.12. The fraction of sp³-hybridized carbons (Fsp3) is 0.562. The van der Waals surface area contributed by atoms with E-state index < -0.39 is 0 Å². The molecule has 0 radical (unpaired) electrons. The summed E-state index contributed by atoms with van der Waals surface area (Å²) >= 11 is 1.71. The Bertz CT molecular complexity index is 675. The molecular weight excluding hydrogens is 296 g/mol. The van der Waals surface area contributed by atoms with Gasteiger partial charge in [0, 0.05) is 22.8 Å². The van der Waals surface area contributed by atoms with Crippen LogP contribution in [0.15, 0.2) is 12.1 Å². The Hall–Kier alpha value is -1.69. The quantitative estimate of drug-likeness (QED) is 0.874. The molecule has 1 saturated heterocycles. The number of rotatable bonds is 3. The van der Waals surface area contributed by atoms with Gasteiger partial charge in [-0.15, -0.1) is 11.3 Å². The van der Waals surface area contributed by atoms with Gasteiger partial charge in [-0.1, -0.05) is 0 Å². The third kappa shape index (κ3) is 3.21. The monoisotopic (exact) mass is 318 g/mol. The van der Waals surface area contributed by atoms with Gasteiger partial charge in [-0.2, -0.15) is 5.10 Å². The van der Waals surface area contributed by atoms with E-state index in [0.29, 0.717) is 6.42 Å². The molecule has 2 aromatic heterocycles. The summed E-state index contributed by atoms with van der Waals surface area (Å²) in [6, 6.07) is 4.39. The SMILES string of the molecule is Cc1nc(C)n([C@H]2CCCN(C(=O)Cc3ccc(C)s3)C2)n1. The van der Waals surface area contributed by atoms with Crippen LogP contribution in [0.3, 0.4) is 0 Å². The minimum Gasteiger partial charge on any atom is -0.340 e. The Morgan fingerprint density at radius 1 is 1.36 bits per heavy atom. The lowest BCUT2D eigenvalue weighted by Gasteiger charge is -2.33. The van der Waals surface area contributed by atoms with Crippen molar-refractivity contribution in [1.29, 1.82) is 0 Å². The van der Waals surface area contributed by atoms with Gasteiger partial charge in [-0.3, -0.25) is 4.79 Å². The highest BCUT2D eigenvalue weighted by Gasteiger charge is 2.26. The van der Waals surface area contributed by atoms with Crippen LogP contribution in [0.25, 0.3) is 0 Å². The average molecular weight is 318 g/mol. The summed E-state index contributed by atoms with van der Waals surface area (Å²) < 4.78 is 1.99. The van der Waals surface area contributed by atoms with Crippen LogP contribution >= 0.6 is 11.3 Å². The lowest BCUT2D eigenvalue weighted by Crippen LogP contribution is -2.41. The normalized spacial score (nSPS) is 18.7. The van der Waals surface area contributed by atoms with E-state index in [-0.39, 0.29) is 11.9 Å². The van der Waals surface area contributed by atoms with E-state index in [2.05, 4.69) is 29.1 Å². The predicted octanol–water partition coefficient (Wildman–Crippen LogP) is 2.67. The molecule has 1 aliphatic rings. The first-order chi connectivity index (χ1) is 10.5. The molecule has 3 heterocycles. The molecule has 0 bridgehead atoms. The van der Waals surface area contributed by atoms with Crippen molar-refractivity contribution in [3.05, 3.63) is 33.5 Å². The molecule has 118 valence electrons. The molecule has 0 saturated carbocycles. The van der Waals surface area contributed by atoms with Gasteiger partial charge in [-0.25, -0.2) is 9.67 Å². The largest absolute Gasteiger partial charge is 0.340 e. The Balaban J connectivity index is 1.67. The standard InChI is InChI=1S/C16H22N4OS/c1-11-6-7-15(22-11)9-16(21)19-8-4-5-14(10-19)20-13(3)17-12(2)18-20/h6-7,14H,4-5,8-10H2,1-3H3/t14-/m0/s1. The van der Waals surface area contributed by atoms with E-state index in [1.807, 2.05) is 23.4 Å². The Morgan fingerprint density at radius 3 is 2.82 bits per heavy atom. The third-order valence-electron chi connectivity index (χ3n) is 4.12. The number of hydrogen-bond acceptors (Lipinski definition) is 4. The van der Waals surface area contributed by atoms with Crippen LogP contribution in [-0.2, 0) is 11.2 Å². The van der Waals surface area contributed by atoms with Crippen molar-refractivity contribution in [2.24, 2.45) is 0 Å². The summed E-state index contributed by atoms with van der Waals surface area (Å²) in [6.07, 6.45) is 2.60. The molecule has 0 spiro atoms. The summed E-state index contributed by atoms with van der Waals surface area (Å²) in [5, 5.41) is 4.48. The molecule has 2 aromatic rings. The van der Waals surface area contributed by atoms with Gasteiger partial charge >= 0.3 is 0 Å². The fourth-order valence-corrected chi connectivity index (χ4v) is 3.99. The van der Waals surface area contributed by atoms with E-state index in [9.17, 15) is 4.79 Å². The van der Waals surface area contributed by atoms with Crippen molar-refractivity contribution < 1.29 is 4.79 Å². The molecular formula is C16H22N4OS. The van der Waals surface area contributed by atoms with Gasteiger partial charge in [0.2, 0.25) is 5.91 Å². The molecule has 22 heavy (non-hydrogen) atoms. The topological polar surface area (TPSA) is 51.0 Å². The van der Waals surface area contributed by atoms with E-state index in [0.717, 1.165) is 42.5 Å². The number of nitrogens with zero attached hydrogens (tertiary/aromatic N) is 4. The number of hydrogen-bond donors (Lipinski definition) is 0. The van der Waals surface area contributed by atoms with Crippen LogP contribution < -0.4 is 0 Å². The van der Waals surface area contributed by atoms with Gasteiger partial charge in [0.15, 0.2) is 0 Å². The Morgan fingerprint density at radius 2 is 2.18 bits per heavy atom. The Labute approximate surface area is 135 Å². The van der Waals surface area contributed by atoms with E-state index in [1.165, 1.54) is 4.88 Å². The second kappa shape index (κ2) is 6.20. The zero-order chi connectivity index (χ0) is 15.7. The molecule has 1 amide bonds. The van der Waals surface area contributed by atoms with E-state index >= 15 is 0 Å². The summed E-state index contributed by atoms with van der Waals surface area (Å²) in [7, 11) is 0. The number of carbonyl (C=O) groups is 1. The van der Waals surface area contributed by atoms with Crippen molar-refractivity contribution in [3.63, 3.8) is 0 Å². The molecule has 6 heteroatoms. The number of thiophene rings is 1. The average Bonchev–Trinajstić information content (AvgIpc) is 3.04. The summed E-state index contributed by atoms with van der Waals surface area (Å²) in [5.41, 5.74) is 0. The van der Waals surface area contributed by atoms with Crippen molar-refractivity contribution in [1.82, 2.24) is 19.7 Å². The van der Waals surface area contributed by atoms with Gasteiger partial charge < -0.3 is 4.90 Å². The fourth-order valence-electron chi connectivity index (χ4n) is 3.10. The van der Waals surface area contributed by atoms with Gasteiger partial charge in [0.25, 0.3) is 0 Å². The van der Waals surface area contributed by atoms with E-state index in [1.54, 1.807) is 11.3 Å². The second-order valence-corrected chi connectivity index (χ2v) is 7.35. The minimum absolute atomic E-state index is 0.223. The van der Waals surface area contributed by atoms with Crippen LogP contribution in [0, 0.1) is 20.8 Å². The molecule has 1 atom stereocenters. The third-order valence-corrected chi connectivity index (χ3v) is 5.12. The number of aromatic nitrogens is 3. The van der Waals surface area contributed by atoms with Crippen LogP contribution in [0.4, 0.5) is 0 Å². The van der Waals surface area contributed by atoms with Crippen LogP contribution in [0.5, 0.6) is 0 Å². The van der Waals surface area contributed by atoms with Crippen molar-refractivity contribution in [2.45, 2.75) is 46.1 Å². The highest BCUT2D eigenvalue weighted by atomic mass is 32.1. The number of piperidine rings is 1. The lowest BCUT2D eigenvalue weighted by molar-refractivity contribution is -0.132. The maximum absolute atomic E-state index is 12.5. The molecule has 0 N–H and O–H groups in total. The lowest BCUT2D eigenvalue weighted by atomic mass is 10.1. The molecule has 1 fully saturated rings. The zero-order valence-corrected chi connectivity index (χ0v) is 14.2. The van der Waals surface area contributed by atoms with E-state index in [4.69, 9.17) is 0 Å². The molecule has 3 rings (SSSR count). The number of amides is 1. The van der Waals surface area contributed by atoms with Crippen molar-refractivity contribution in [2.75, 3.05) is 13.1 Å². The van der Waals surface area contributed by atoms with Crippen molar-refractivity contribution in [3.8, 4) is 0 Å². The Kier molecular flexibility index (Phi) is 4.29. The van der Waals surface area contributed by atoms with Gasteiger partial charge in [0.1, 0.15) is 11.6 Å².